The number of aldehydes is 1. The van der Waals surface area contributed by atoms with Crippen LogP contribution < -0.4 is 4.74 Å². The molecule has 3 aromatic rings. The summed E-state index contributed by atoms with van der Waals surface area (Å²) in [5.41, 5.74) is 1.68. The fourth-order valence-corrected chi connectivity index (χ4v) is 3.34. The maximum Gasteiger partial charge on any atom is 0.283 e. The highest BCUT2D eigenvalue weighted by atomic mass is 16.6. The molecule has 3 rings (SSSR count). The van der Waals surface area contributed by atoms with Crippen molar-refractivity contribution in [2.45, 2.75) is 25.9 Å². The Bertz CT molecular complexity index is 1010. The van der Waals surface area contributed by atoms with E-state index in [0.29, 0.717) is 25.8 Å². The smallest absolute Gasteiger partial charge is 0.283 e. The molecule has 0 aliphatic carbocycles. The SMILES string of the molecule is O=Cc1c(OCCCC(=O)N(Cc2ccccc2)Cc2ccccc2)cccc1[N+](=O)[O-]. The largest absolute Gasteiger partial charge is 0.493 e. The van der Waals surface area contributed by atoms with Gasteiger partial charge in [0, 0.05) is 25.6 Å². The molecule has 3 aromatic carbocycles. The Kier molecular flexibility index (Phi) is 8.09. The van der Waals surface area contributed by atoms with Gasteiger partial charge in [0.25, 0.3) is 5.69 Å². The van der Waals surface area contributed by atoms with Gasteiger partial charge in [-0.25, -0.2) is 0 Å². The third-order valence-electron chi connectivity index (χ3n) is 4.94. The van der Waals surface area contributed by atoms with Gasteiger partial charge in [0.1, 0.15) is 11.3 Å². The number of carbonyl (C=O) groups is 2. The minimum Gasteiger partial charge on any atom is -0.493 e. The molecule has 0 N–H and O–H groups in total. The van der Waals surface area contributed by atoms with Crippen molar-refractivity contribution >= 4 is 17.9 Å². The Morgan fingerprint density at radius 3 is 2.03 bits per heavy atom. The van der Waals surface area contributed by atoms with Crippen LogP contribution in [0, 0.1) is 10.1 Å². The summed E-state index contributed by atoms with van der Waals surface area (Å²) in [7, 11) is 0. The molecule has 0 bridgehead atoms. The van der Waals surface area contributed by atoms with Crippen LogP contribution in [-0.4, -0.2) is 28.6 Å². The first-order chi connectivity index (χ1) is 15.6. The molecule has 0 fully saturated rings. The first-order valence-electron chi connectivity index (χ1n) is 10.3. The second-order valence-electron chi connectivity index (χ2n) is 7.24. The predicted octanol–water partition coefficient (Wildman–Crippen LogP) is 4.80. The number of ether oxygens (including phenoxy) is 1. The molecule has 7 heteroatoms. The van der Waals surface area contributed by atoms with Crippen LogP contribution in [0.15, 0.2) is 78.9 Å². The first-order valence-corrected chi connectivity index (χ1v) is 10.3. The quantitative estimate of drug-likeness (QED) is 0.188. The number of nitro benzene ring substituents is 1. The van der Waals surface area contributed by atoms with E-state index in [1.54, 1.807) is 4.90 Å². The Labute approximate surface area is 186 Å². The Hall–Kier alpha value is -4.00. The van der Waals surface area contributed by atoms with Crippen LogP contribution >= 0.6 is 0 Å². The molecule has 0 aliphatic heterocycles. The van der Waals surface area contributed by atoms with Gasteiger partial charge >= 0.3 is 0 Å². The van der Waals surface area contributed by atoms with Gasteiger partial charge < -0.3 is 9.64 Å². The summed E-state index contributed by atoms with van der Waals surface area (Å²) in [4.78, 5) is 36.5. The fourth-order valence-electron chi connectivity index (χ4n) is 3.34. The van der Waals surface area contributed by atoms with Crippen LogP contribution in [0.25, 0.3) is 0 Å². The average molecular weight is 432 g/mol. The van der Waals surface area contributed by atoms with E-state index in [2.05, 4.69) is 0 Å². The van der Waals surface area contributed by atoms with Gasteiger partial charge in [-0.05, 0) is 23.6 Å². The van der Waals surface area contributed by atoms with Crippen LogP contribution in [0.2, 0.25) is 0 Å². The van der Waals surface area contributed by atoms with E-state index in [0.717, 1.165) is 11.1 Å². The van der Waals surface area contributed by atoms with Crippen molar-refractivity contribution in [2.75, 3.05) is 6.61 Å². The van der Waals surface area contributed by atoms with Gasteiger partial charge in [-0.15, -0.1) is 0 Å². The molecule has 32 heavy (non-hydrogen) atoms. The Morgan fingerprint density at radius 1 is 0.906 bits per heavy atom. The maximum absolute atomic E-state index is 13.0. The molecule has 0 spiro atoms. The van der Waals surface area contributed by atoms with E-state index in [1.807, 2.05) is 60.7 Å². The lowest BCUT2D eigenvalue weighted by Crippen LogP contribution is -2.30. The third kappa shape index (κ3) is 6.25. The summed E-state index contributed by atoms with van der Waals surface area (Å²) in [5, 5.41) is 11.1. The zero-order valence-electron chi connectivity index (χ0n) is 17.6. The average Bonchev–Trinajstić information content (AvgIpc) is 2.82. The number of benzene rings is 3. The second kappa shape index (κ2) is 11.4. The summed E-state index contributed by atoms with van der Waals surface area (Å²) >= 11 is 0. The number of nitro groups is 1. The van der Waals surface area contributed by atoms with Gasteiger partial charge in [0.15, 0.2) is 6.29 Å². The molecule has 0 aliphatic rings. The monoisotopic (exact) mass is 432 g/mol. The number of amides is 1. The molecule has 0 heterocycles. The molecule has 164 valence electrons. The van der Waals surface area contributed by atoms with Crippen LogP contribution in [0.1, 0.15) is 34.3 Å². The summed E-state index contributed by atoms with van der Waals surface area (Å²) in [6, 6.07) is 23.8. The van der Waals surface area contributed by atoms with Crippen molar-refractivity contribution in [1.82, 2.24) is 4.90 Å². The number of rotatable bonds is 11. The molecular formula is C25H24N2O5. The highest BCUT2D eigenvalue weighted by molar-refractivity contribution is 5.85. The van der Waals surface area contributed by atoms with E-state index in [-0.39, 0.29) is 35.9 Å². The molecule has 7 nitrogen and oxygen atoms in total. The summed E-state index contributed by atoms with van der Waals surface area (Å²) in [6.45, 7) is 1.16. The minimum absolute atomic E-state index is 0.0176. The number of carbonyl (C=O) groups excluding carboxylic acids is 2. The zero-order chi connectivity index (χ0) is 22.8. The molecule has 0 saturated carbocycles. The minimum atomic E-state index is -0.620. The van der Waals surface area contributed by atoms with E-state index in [4.69, 9.17) is 4.74 Å². The number of nitrogens with zero attached hydrogens (tertiary/aromatic N) is 2. The molecule has 0 radical (unpaired) electrons. The summed E-state index contributed by atoms with van der Waals surface area (Å²) in [6.07, 6.45) is 1.09. The van der Waals surface area contributed by atoms with Crippen molar-refractivity contribution in [3.8, 4) is 5.75 Å². The van der Waals surface area contributed by atoms with Gasteiger partial charge in [0.05, 0.1) is 11.5 Å². The molecule has 0 aromatic heterocycles. The molecular weight excluding hydrogens is 408 g/mol. The topological polar surface area (TPSA) is 89.8 Å². The van der Waals surface area contributed by atoms with Crippen LogP contribution in [0.3, 0.4) is 0 Å². The summed E-state index contributed by atoms with van der Waals surface area (Å²) < 4.78 is 5.58. The lowest BCUT2D eigenvalue weighted by atomic mass is 10.1. The van der Waals surface area contributed by atoms with Crippen LogP contribution in [0.4, 0.5) is 5.69 Å². The molecule has 0 unspecified atom stereocenters. The molecule has 0 atom stereocenters. The van der Waals surface area contributed by atoms with Gasteiger partial charge in [-0.3, -0.25) is 19.7 Å². The van der Waals surface area contributed by atoms with E-state index >= 15 is 0 Å². The van der Waals surface area contributed by atoms with Crippen LogP contribution in [0.5, 0.6) is 5.75 Å². The lowest BCUT2D eigenvalue weighted by molar-refractivity contribution is -0.385. The molecule has 1 amide bonds. The highest BCUT2D eigenvalue weighted by Gasteiger charge is 2.18. The van der Waals surface area contributed by atoms with E-state index in [1.165, 1.54) is 18.2 Å². The second-order valence-corrected chi connectivity index (χ2v) is 7.24. The van der Waals surface area contributed by atoms with Crippen LogP contribution in [-0.2, 0) is 17.9 Å². The zero-order valence-corrected chi connectivity index (χ0v) is 17.6. The molecule has 0 saturated heterocycles. The maximum atomic E-state index is 13.0. The van der Waals surface area contributed by atoms with E-state index < -0.39 is 4.92 Å². The number of hydrogen-bond donors (Lipinski definition) is 0. The predicted molar refractivity (Wildman–Crippen MR) is 120 cm³/mol. The third-order valence-corrected chi connectivity index (χ3v) is 4.94. The highest BCUT2D eigenvalue weighted by Crippen LogP contribution is 2.26. The summed E-state index contributed by atoms with van der Waals surface area (Å²) in [5.74, 6) is 0.128. The van der Waals surface area contributed by atoms with Crippen molar-refractivity contribution in [2.24, 2.45) is 0 Å². The van der Waals surface area contributed by atoms with Crippen molar-refractivity contribution in [3.63, 3.8) is 0 Å². The van der Waals surface area contributed by atoms with Crippen molar-refractivity contribution < 1.29 is 19.2 Å². The van der Waals surface area contributed by atoms with E-state index in [9.17, 15) is 19.7 Å². The Balaban J connectivity index is 1.61. The standard InChI is InChI=1S/C25H24N2O5/c28-19-22-23(27(30)31)13-7-14-24(22)32-16-8-15-25(29)26(17-20-9-3-1-4-10-20)18-21-11-5-2-6-12-21/h1-7,9-14,19H,8,15-18H2. The Morgan fingerprint density at radius 2 is 1.50 bits per heavy atom. The van der Waals surface area contributed by atoms with Crippen molar-refractivity contribution in [3.05, 3.63) is 106 Å². The normalized spacial score (nSPS) is 10.4. The lowest BCUT2D eigenvalue weighted by Gasteiger charge is -2.23. The fraction of sp³-hybridized carbons (Fsp3) is 0.200. The van der Waals surface area contributed by atoms with Gasteiger partial charge in [0.2, 0.25) is 5.91 Å². The van der Waals surface area contributed by atoms with Gasteiger partial charge in [-0.1, -0.05) is 66.7 Å². The first kappa shape index (κ1) is 22.7. The number of hydrogen-bond acceptors (Lipinski definition) is 5. The van der Waals surface area contributed by atoms with Crippen molar-refractivity contribution in [1.29, 1.82) is 0 Å². The van der Waals surface area contributed by atoms with Gasteiger partial charge in [-0.2, -0.15) is 0 Å².